The van der Waals surface area contributed by atoms with E-state index >= 15 is 0 Å². The molecule has 3 N–H and O–H groups in total. The summed E-state index contributed by atoms with van der Waals surface area (Å²) in [4.78, 5) is 10.6. The van der Waals surface area contributed by atoms with Crippen molar-refractivity contribution in [1.29, 1.82) is 0 Å². The van der Waals surface area contributed by atoms with Gasteiger partial charge in [-0.3, -0.25) is 9.52 Å². The summed E-state index contributed by atoms with van der Waals surface area (Å²) in [6.45, 7) is 0.0930. The summed E-state index contributed by atoms with van der Waals surface area (Å²) in [5.74, 6) is 0.0810. The van der Waals surface area contributed by atoms with Gasteiger partial charge in [0.25, 0.3) is 0 Å². The van der Waals surface area contributed by atoms with Gasteiger partial charge in [0.05, 0.1) is 24.5 Å². The van der Waals surface area contributed by atoms with Crippen molar-refractivity contribution in [3.8, 4) is 5.75 Å². The van der Waals surface area contributed by atoms with Gasteiger partial charge in [0, 0.05) is 5.88 Å². The zero-order chi connectivity index (χ0) is 15.0. The van der Waals surface area contributed by atoms with Crippen molar-refractivity contribution in [3.63, 3.8) is 0 Å². The average Bonchev–Trinajstić information content (AvgIpc) is 2.38. The molecule has 0 aliphatic carbocycles. The molecule has 0 saturated carbocycles. The maximum atomic E-state index is 11.8. The van der Waals surface area contributed by atoms with Crippen molar-refractivity contribution < 1.29 is 17.9 Å². The Hall–Kier alpha value is -1.47. The molecular formula is C12H17ClN2O4S. The van der Waals surface area contributed by atoms with Gasteiger partial charge in [-0.15, -0.1) is 11.6 Å². The fraction of sp³-hybridized carbons (Fsp3) is 0.417. The number of nitrogens with one attached hydrogen (secondary N) is 1. The summed E-state index contributed by atoms with van der Waals surface area (Å²) in [5.41, 5.74) is 5.33. The zero-order valence-electron chi connectivity index (χ0n) is 10.8. The average molecular weight is 321 g/mol. The van der Waals surface area contributed by atoms with Gasteiger partial charge >= 0.3 is 0 Å². The van der Waals surface area contributed by atoms with Crippen LogP contribution in [-0.2, 0) is 14.8 Å². The van der Waals surface area contributed by atoms with E-state index in [1.807, 2.05) is 0 Å². The van der Waals surface area contributed by atoms with Crippen molar-refractivity contribution in [1.82, 2.24) is 0 Å². The van der Waals surface area contributed by atoms with Gasteiger partial charge in [0.15, 0.2) is 0 Å². The molecule has 0 atom stereocenters. The number of amides is 1. The number of anilines is 1. The Balaban J connectivity index is 2.72. The van der Waals surface area contributed by atoms with Crippen molar-refractivity contribution in [3.05, 3.63) is 24.3 Å². The second kappa shape index (κ2) is 7.96. The molecule has 0 saturated heterocycles. The number of carbonyl (C=O) groups is 1. The monoisotopic (exact) mass is 320 g/mol. The van der Waals surface area contributed by atoms with Crippen LogP contribution >= 0.6 is 11.6 Å². The quantitative estimate of drug-likeness (QED) is 0.670. The summed E-state index contributed by atoms with van der Waals surface area (Å²) < 4.78 is 31.4. The Morgan fingerprint density at radius 2 is 2.05 bits per heavy atom. The molecule has 0 bridgehead atoms. The first-order chi connectivity index (χ1) is 9.44. The van der Waals surface area contributed by atoms with E-state index in [1.165, 1.54) is 0 Å². The summed E-state index contributed by atoms with van der Waals surface area (Å²) in [5, 5.41) is 0. The highest BCUT2D eigenvalue weighted by molar-refractivity contribution is 7.92. The first-order valence-corrected chi connectivity index (χ1v) is 8.20. The number of sulfonamides is 1. The standard InChI is InChI=1S/C12H17ClN2O4S/c13-7-3-9-20(17,18)15-10-4-1-2-5-11(10)19-8-6-12(14)16/h1-2,4-5,15H,3,6-9H2,(H2,14,16). The Morgan fingerprint density at radius 3 is 2.70 bits per heavy atom. The molecule has 6 nitrogen and oxygen atoms in total. The van der Waals surface area contributed by atoms with E-state index in [4.69, 9.17) is 22.1 Å². The lowest BCUT2D eigenvalue weighted by atomic mass is 10.3. The first kappa shape index (κ1) is 16.6. The molecule has 112 valence electrons. The van der Waals surface area contributed by atoms with Crippen LogP contribution < -0.4 is 15.2 Å². The molecule has 0 radical (unpaired) electrons. The van der Waals surface area contributed by atoms with Gasteiger partial charge in [-0.05, 0) is 18.6 Å². The van der Waals surface area contributed by atoms with E-state index < -0.39 is 15.9 Å². The van der Waals surface area contributed by atoms with Gasteiger partial charge in [0.2, 0.25) is 15.9 Å². The highest BCUT2D eigenvalue weighted by atomic mass is 35.5. The number of ether oxygens (including phenoxy) is 1. The summed E-state index contributed by atoms with van der Waals surface area (Å²) in [6, 6.07) is 6.58. The Kier molecular flexibility index (Phi) is 6.60. The topological polar surface area (TPSA) is 98.5 Å². The molecule has 8 heteroatoms. The molecule has 20 heavy (non-hydrogen) atoms. The minimum atomic E-state index is -3.47. The molecule has 0 aliphatic heterocycles. The number of carbonyl (C=O) groups excluding carboxylic acids is 1. The maximum Gasteiger partial charge on any atom is 0.232 e. The minimum absolute atomic E-state index is 0.0628. The van der Waals surface area contributed by atoms with Gasteiger partial charge < -0.3 is 10.5 Å². The summed E-state index contributed by atoms with van der Waals surface area (Å²) >= 11 is 5.48. The van der Waals surface area contributed by atoms with E-state index in [9.17, 15) is 13.2 Å². The zero-order valence-corrected chi connectivity index (χ0v) is 12.4. The molecule has 1 amide bonds. The summed E-state index contributed by atoms with van der Waals surface area (Å²) in [7, 11) is -3.47. The number of para-hydroxylation sites is 2. The highest BCUT2D eigenvalue weighted by Gasteiger charge is 2.13. The fourth-order valence-electron chi connectivity index (χ4n) is 1.40. The third-order valence-electron chi connectivity index (χ3n) is 2.31. The number of nitrogens with two attached hydrogens (primary N) is 1. The molecule has 0 unspecified atom stereocenters. The number of primary amides is 1. The van der Waals surface area contributed by atoms with Crippen LogP contribution in [0.2, 0.25) is 0 Å². The summed E-state index contributed by atoms with van der Waals surface area (Å²) in [6.07, 6.45) is 0.426. The molecule has 1 aromatic carbocycles. The minimum Gasteiger partial charge on any atom is -0.491 e. The molecule has 0 aromatic heterocycles. The van der Waals surface area contributed by atoms with Crippen molar-refractivity contribution in [2.24, 2.45) is 5.73 Å². The lowest BCUT2D eigenvalue weighted by Gasteiger charge is -2.12. The molecular weight excluding hydrogens is 304 g/mol. The van der Waals surface area contributed by atoms with Gasteiger partial charge in [-0.1, -0.05) is 12.1 Å². The van der Waals surface area contributed by atoms with Crippen LogP contribution in [0.3, 0.4) is 0 Å². The van der Waals surface area contributed by atoms with E-state index in [1.54, 1.807) is 24.3 Å². The smallest absolute Gasteiger partial charge is 0.232 e. The van der Waals surface area contributed by atoms with Crippen LogP contribution in [-0.4, -0.2) is 32.6 Å². The Bertz CT molecular complexity index is 548. The number of halogens is 1. The number of alkyl halides is 1. The first-order valence-electron chi connectivity index (χ1n) is 6.01. The van der Waals surface area contributed by atoms with Crippen LogP contribution in [0.25, 0.3) is 0 Å². The number of rotatable bonds is 9. The van der Waals surface area contributed by atoms with Crippen molar-refractivity contribution in [2.45, 2.75) is 12.8 Å². The molecule has 1 aromatic rings. The van der Waals surface area contributed by atoms with Crippen LogP contribution in [0, 0.1) is 0 Å². The van der Waals surface area contributed by atoms with Crippen molar-refractivity contribution >= 4 is 33.2 Å². The normalized spacial score (nSPS) is 11.1. The Morgan fingerprint density at radius 1 is 1.35 bits per heavy atom. The van der Waals surface area contributed by atoms with Gasteiger partial charge in [-0.2, -0.15) is 0 Å². The predicted molar refractivity (Wildman–Crippen MR) is 78.5 cm³/mol. The number of benzene rings is 1. The SMILES string of the molecule is NC(=O)CCOc1ccccc1NS(=O)(=O)CCCCl. The third kappa shape index (κ3) is 6.12. The fourth-order valence-corrected chi connectivity index (χ4v) is 2.82. The van der Waals surface area contributed by atoms with Crippen LogP contribution in [0.4, 0.5) is 5.69 Å². The van der Waals surface area contributed by atoms with Gasteiger partial charge in [0.1, 0.15) is 5.75 Å². The molecule has 0 heterocycles. The third-order valence-corrected chi connectivity index (χ3v) is 3.93. The lowest BCUT2D eigenvalue weighted by molar-refractivity contribution is -0.118. The number of hydrogen-bond acceptors (Lipinski definition) is 4. The van der Waals surface area contributed by atoms with Crippen LogP contribution in [0.15, 0.2) is 24.3 Å². The maximum absolute atomic E-state index is 11.8. The van der Waals surface area contributed by atoms with Crippen LogP contribution in [0.1, 0.15) is 12.8 Å². The predicted octanol–water partition coefficient (Wildman–Crippen LogP) is 1.31. The Labute approximate surface area is 123 Å². The lowest BCUT2D eigenvalue weighted by Crippen LogP contribution is -2.18. The molecule has 0 aliphatic rings. The van der Waals surface area contributed by atoms with E-state index in [-0.39, 0.29) is 24.7 Å². The molecule has 0 spiro atoms. The molecule has 1 rings (SSSR count). The second-order valence-electron chi connectivity index (χ2n) is 4.02. The van der Waals surface area contributed by atoms with Crippen LogP contribution in [0.5, 0.6) is 5.75 Å². The van der Waals surface area contributed by atoms with Gasteiger partial charge in [-0.25, -0.2) is 8.42 Å². The molecule has 0 fully saturated rings. The second-order valence-corrected chi connectivity index (χ2v) is 6.24. The van der Waals surface area contributed by atoms with Crippen molar-refractivity contribution in [2.75, 3.05) is 23.0 Å². The largest absolute Gasteiger partial charge is 0.491 e. The van der Waals surface area contributed by atoms with E-state index in [2.05, 4.69) is 4.72 Å². The van der Waals surface area contributed by atoms with E-state index in [0.29, 0.717) is 17.9 Å². The van der Waals surface area contributed by atoms with E-state index in [0.717, 1.165) is 0 Å². The highest BCUT2D eigenvalue weighted by Crippen LogP contribution is 2.25. The number of hydrogen-bond donors (Lipinski definition) is 2.